The molecule has 0 saturated heterocycles. The summed E-state index contributed by atoms with van der Waals surface area (Å²) in [6.45, 7) is 3.83. The van der Waals surface area contributed by atoms with Crippen molar-refractivity contribution in [3.05, 3.63) is 65.0 Å². The number of hydrogen-bond donors (Lipinski definition) is 1. The van der Waals surface area contributed by atoms with Crippen LogP contribution in [0, 0.1) is 12.7 Å². The van der Waals surface area contributed by atoms with Crippen LogP contribution in [0.3, 0.4) is 0 Å². The molecule has 22 heavy (non-hydrogen) atoms. The predicted octanol–water partition coefficient (Wildman–Crippen LogP) is 3.56. The fourth-order valence-corrected chi connectivity index (χ4v) is 2.22. The van der Waals surface area contributed by atoms with E-state index < -0.39 is 5.82 Å². The number of carbonyl (C=O) groups excluding carboxylic acids is 1. The third-order valence-corrected chi connectivity index (χ3v) is 3.54. The van der Waals surface area contributed by atoms with Crippen molar-refractivity contribution in [2.24, 2.45) is 0 Å². The van der Waals surface area contributed by atoms with Crippen molar-refractivity contribution in [3.8, 4) is 5.75 Å². The molecule has 1 N–H and O–H groups in total. The molecule has 0 aliphatic rings. The van der Waals surface area contributed by atoms with E-state index in [9.17, 15) is 9.18 Å². The van der Waals surface area contributed by atoms with Gasteiger partial charge in [0.1, 0.15) is 0 Å². The molecular formula is C18H20FNO2. The minimum Gasteiger partial charge on any atom is -0.494 e. The van der Waals surface area contributed by atoms with E-state index in [1.807, 2.05) is 38.1 Å². The molecule has 2 aromatic rings. The summed E-state index contributed by atoms with van der Waals surface area (Å²) < 4.78 is 18.6. The highest BCUT2D eigenvalue weighted by Crippen LogP contribution is 2.21. The molecule has 1 unspecified atom stereocenters. The smallest absolute Gasteiger partial charge is 0.224 e. The van der Waals surface area contributed by atoms with Crippen molar-refractivity contribution < 1.29 is 13.9 Å². The summed E-state index contributed by atoms with van der Waals surface area (Å²) in [5, 5.41) is 2.88. The van der Waals surface area contributed by atoms with E-state index in [1.165, 1.54) is 13.2 Å². The Hall–Kier alpha value is -2.36. The summed E-state index contributed by atoms with van der Waals surface area (Å²) in [4.78, 5) is 12.1. The molecule has 0 fully saturated rings. The lowest BCUT2D eigenvalue weighted by Crippen LogP contribution is -2.28. The number of halogens is 1. The van der Waals surface area contributed by atoms with Crippen LogP contribution >= 0.6 is 0 Å². The summed E-state index contributed by atoms with van der Waals surface area (Å²) in [6, 6.07) is 12.3. The lowest BCUT2D eigenvalue weighted by atomic mass is 10.1. The summed E-state index contributed by atoms with van der Waals surface area (Å²) in [6.07, 6.45) is 0.309. The molecule has 4 heteroatoms. The van der Waals surface area contributed by atoms with Gasteiger partial charge in [-0.1, -0.05) is 35.9 Å². The van der Waals surface area contributed by atoms with Crippen molar-refractivity contribution in [1.82, 2.24) is 5.32 Å². The van der Waals surface area contributed by atoms with Gasteiger partial charge in [0.25, 0.3) is 0 Å². The van der Waals surface area contributed by atoms with Crippen molar-refractivity contribution >= 4 is 5.91 Å². The largest absolute Gasteiger partial charge is 0.494 e. The number of nitrogens with one attached hydrogen (secondary N) is 1. The summed E-state index contributed by atoms with van der Waals surface area (Å²) in [5.74, 6) is -0.325. The van der Waals surface area contributed by atoms with Gasteiger partial charge in [-0.25, -0.2) is 4.39 Å². The number of ether oxygens (including phenoxy) is 1. The van der Waals surface area contributed by atoms with Crippen LogP contribution in [0.15, 0.2) is 42.5 Å². The van der Waals surface area contributed by atoms with Crippen molar-refractivity contribution in [2.75, 3.05) is 7.11 Å². The zero-order valence-electron chi connectivity index (χ0n) is 13.0. The van der Waals surface area contributed by atoms with Gasteiger partial charge in [-0.2, -0.15) is 0 Å². The minimum absolute atomic E-state index is 0.0902. The number of benzene rings is 2. The molecule has 2 aromatic carbocycles. The van der Waals surface area contributed by atoms with Gasteiger partial charge in [-0.05, 0) is 37.1 Å². The Balaban J connectivity index is 1.98. The van der Waals surface area contributed by atoms with Crippen molar-refractivity contribution in [1.29, 1.82) is 0 Å². The standard InChI is InChI=1S/C18H20FNO2/c1-12-4-6-14(7-5-12)10-18(21)20-13(2)15-8-9-17(22-3)16(19)11-15/h4-9,11,13H,10H2,1-3H3,(H,20,21). The number of aryl methyl sites for hydroxylation is 1. The Morgan fingerprint density at radius 3 is 2.50 bits per heavy atom. The first-order valence-electron chi connectivity index (χ1n) is 7.18. The molecule has 0 bridgehead atoms. The molecule has 1 amide bonds. The molecule has 0 radical (unpaired) electrons. The molecule has 0 aliphatic heterocycles. The Morgan fingerprint density at radius 1 is 1.23 bits per heavy atom. The minimum atomic E-state index is -0.431. The number of rotatable bonds is 5. The fraction of sp³-hybridized carbons (Fsp3) is 0.278. The maximum Gasteiger partial charge on any atom is 0.224 e. The molecule has 0 saturated carbocycles. The number of carbonyl (C=O) groups is 1. The molecule has 0 aromatic heterocycles. The van der Waals surface area contributed by atoms with Gasteiger partial charge in [0.15, 0.2) is 11.6 Å². The van der Waals surface area contributed by atoms with Crippen LogP contribution in [-0.2, 0) is 11.2 Å². The van der Waals surface area contributed by atoms with E-state index in [2.05, 4.69) is 5.32 Å². The SMILES string of the molecule is COc1ccc(C(C)NC(=O)Cc2ccc(C)cc2)cc1F. The lowest BCUT2D eigenvalue weighted by molar-refractivity contribution is -0.121. The van der Waals surface area contributed by atoms with E-state index in [0.717, 1.165) is 11.1 Å². The first-order chi connectivity index (χ1) is 10.5. The average Bonchev–Trinajstić information content (AvgIpc) is 2.49. The zero-order valence-corrected chi connectivity index (χ0v) is 13.0. The topological polar surface area (TPSA) is 38.3 Å². The molecule has 0 aliphatic carbocycles. The van der Waals surface area contributed by atoms with Crippen LogP contribution in [-0.4, -0.2) is 13.0 Å². The van der Waals surface area contributed by atoms with Gasteiger partial charge in [0, 0.05) is 0 Å². The van der Waals surface area contributed by atoms with Crippen LogP contribution in [0.2, 0.25) is 0 Å². The van der Waals surface area contributed by atoms with Crippen LogP contribution in [0.4, 0.5) is 4.39 Å². The summed E-state index contributed by atoms with van der Waals surface area (Å²) in [5.41, 5.74) is 2.82. The maximum atomic E-state index is 13.7. The van der Waals surface area contributed by atoms with E-state index in [0.29, 0.717) is 12.0 Å². The second-order valence-corrected chi connectivity index (χ2v) is 5.35. The van der Waals surface area contributed by atoms with Gasteiger partial charge in [0.2, 0.25) is 5.91 Å². The lowest BCUT2D eigenvalue weighted by Gasteiger charge is -2.15. The molecule has 3 nitrogen and oxygen atoms in total. The molecular weight excluding hydrogens is 281 g/mol. The first-order valence-corrected chi connectivity index (χ1v) is 7.18. The Labute approximate surface area is 130 Å². The van der Waals surface area contributed by atoms with Crippen molar-refractivity contribution in [2.45, 2.75) is 26.3 Å². The Bertz CT molecular complexity index is 653. The normalized spacial score (nSPS) is 11.8. The van der Waals surface area contributed by atoms with Gasteiger partial charge < -0.3 is 10.1 Å². The summed E-state index contributed by atoms with van der Waals surface area (Å²) >= 11 is 0. The number of hydrogen-bond acceptors (Lipinski definition) is 2. The van der Waals surface area contributed by atoms with E-state index >= 15 is 0 Å². The second kappa shape index (κ2) is 7.07. The predicted molar refractivity (Wildman–Crippen MR) is 84.4 cm³/mol. The molecule has 2 rings (SSSR count). The highest BCUT2D eigenvalue weighted by atomic mass is 19.1. The second-order valence-electron chi connectivity index (χ2n) is 5.35. The maximum absolute atomic E-state index is 13.7. The van der Waals surface area contributed by atoms with Gasteiger partial charge >= 0.3 is 0 Å². The van der Waals surface area contributed by atoms with Crippen LogP contribution in [0.25, 0.3) is 0 Å². The monoisotopic (exact) mass is 301 g/mol. The van der Waals surface area contributed by atoms with Crippen LogP contribution in [0.5, 0.6) is 5.75 Å². The number of methoxy groups -OCH3 is 1. The summed E-state index contributed by atoms with van der Waals surface area (Å²) in [7, 11) is 1.42. The quantitative estimate of drug-likeness (QED) is 0.917. The average molecular weight is 301 g/mol. The molecule has 116 valence electrons. The van der Waals surface area contributed by atoms with Gasteiger partial charge in [-0.3, -0.25) is 4.79 Å². The van der Waals surface area contributed by atoms with Gasteiger partial charge in [0.05, 0.1) is 19.6 Å². The van der Waals surface area contributed by atoms with Gasteiger partial charge in [-0.15, -0.1) is 0 Å². The first kappa shape index (κ1) is 16.0. The van der Waals surface area contributed by atoms with E-state index in [1.54, 1.807) is 12.1 Å². The van der Waals surface area contributed by atoms with Crippen LogP contribution in [0.1, 0.15) is 29.7 Å². The Kier molecular flexibility index (Phi) is 5.15. The Morgan fingerprint density at radius 2 is 1.91 bits per heavy atom. The highest BCUT2D eigenvalue weighted by molar-refractivity contribution is 5.79. The third-order valence-electron chi connectivity index (χ3n) is 3.54. The molecule has 1 atom stereocenters. The number of amides is 1. The fourth-order valence-electron chi connectivity index (χ4n) is 2.22. The molecule has 0 heterocycles. The van der Waals surface area contributed by atoms with Crippen molar-refractivity contribution in [3.63, 3.8) is 0 Å². The van der Waals surface area contributed by atoms with E-state index in [-0.39, 0.29) is 17.7 Å². The zero-order chi connectivity index (χ0) is 16.1. The third kappa shape index (κ3) is 4.07. The van der Waals surface area contributed by atoms with E-state index in [4.69, 9.17) is 4.74 Å². The van der Waals surface area contributed by atoms with Crippen LogP contribution < -0.4 is 10.1 Å². The molecule has 0 spiro atoms. The highest BCUT2D eigenvalue weighted by Gasteiger charge is 2.12.